The van der Waals surface area contributed by atoms with Gasteiger partial charge in [0.2, 0.25) is 0 Å². The Hall–Kier alpha value is -3.37. The third-order valence-corrected chi connectivity index (χ3v) is 8.80. The summed E-state index contributed by atoms with van der Waals surface area (Å²) in [6.45, 7) is 0.418. The van der Waals surface area contributed by atoms with E-state index in [1.165, 1.54) is 22.6 Å². The predicted octanol–water partition coefficient (Wildman–Crippen LogP) is 4.92. The number of carbonyl (C=O) groups is 1. The third kappa shape index (κ3) is 5.53. The summed E-state index contributed by atoms with van der Waals surface area (Å²) in [5.41, 5.74) is 1.79. The minimum atomic E-state index is -0.200. The molecule has 3 heterocycles. The van der Waals surface area contributed by atoms with Gasteiger partial charge in [0.15, 0.2) is 11.5 Å². The van der Waals surface area contributed by atoms with E-state index >= 15 is 0 Å². The number of thioether (sulfide) groups is 1. The second-order valence-electron chi connectivity index (χ2n) is 9.76. The van der Waals surface area contributed by atoms with Gasteiger partial charge in [-0.2, -0.15) is 0 Å². The highest BCUT2D eigenvalue weighted by Gasteiger charge is 2.33. The van der Waals surface area contributed by atoms with E-state index in [1.807, 2.05) is 37.4 Å². The lowest BCUT2D eigenvalue weighted by Crippen LogP contribution is -2.36. The van der Waals surface area contributed by atoms with Crippen LogP contribution in [-0.4, -0.2) is 58.4 Å². The van der Waals surface area contributed by atoms with Gasteiger partial charge in [0.1, 0.15) is 15.8 Å². The molecule has 5 rings (SSSR count). The van der Waals surface area contributed by atoms with Gasteiger partial charge in [0, 0.05) is 25.8 Å². The number of amides is 1. The second-order valence-corrected chi connectivity index (χ2v) is 11.4. The summed E-state index contributed by atoms with van der Waals surface area (Å²) in [6.07, 6.45) is 9.66. The molecule has 39 heavy (non-hydrogen) atoms. The summed E-state index contributed by atoms with van der Waals surface area (Å²) in [5, 5.41) is 0. The fourth-order valence-electron chi connectivity index (χ4n) is 5.23. The van der Waals surface area contributed by atoms with E-state index in [2.05, 4.69) is 4.90 Å². The number of nitrogens with zero attached hydrogens (tertiary/aromatic N) is 4. The standard InChI is InChI=1S/C29H32N4O4S2/c1-31(20-9-5-4-6-10-20)26-21(27(34)32-15-8-7-11-25(32)30-26)18-24-28(35)33(29(38)39-24)16-14-19-12-13-22(36-2)23(17-19)37-3/h7-8,11-13,15,17-18,20H,4-6,9-10,14,16H2,1-3H3. The Balaban J connectivity index is 1.44. The van der Waals surface area contributed by atoms with Crippen molar-refractivity contribution in [2.45, 2.75) is 44.6 Å². The molecule has 1 amide bonds. The molecule has 0 bridgehead atoms. The summed E-state index contributed by atoms with van der Waals surface area (Å²) >= 11 is 6.81. The number of aromatic nitrogens is 2. The van der Waals surface area contributed by atoms with Gasteiger partial charge in [-0.25, -0.2) is 4.98 Å². The van der Waals surface area contributed by atoms with Crippen molar-refractivity contribution in [2.24, 2.45) is 0 Å². The highest BCUT2D eigenvalue weighted by Crippen LogP contribution is 2.35. The van der Waals surface area contributed by atoms with Gasteiger partial charge in [0.25, 0.3) is 11.5 Å². The first-order chi connectivity index (χ1) is 18.9. The maximum absolute atomic E-state index is 13.7. The summed E-state index contributed by atoms with van der Waals surface area (Å²) < 4.78 is 12.7. The van der Waals surface area contributed by atoms with Gasteiger partial charge in [-0.15, -0.1) is 0 Å². The van der Waals surface area contributed by atoms with Crippen LogP contribution in [-0.2, 0) is 11.2 Å². The molecule has 0 atom stereocenters. The lowest BCUT2D eigenvalue weighted by Gasteiger charge is -2.33. The molecule has 204 valence electrons. The van der Waals surface area contributed by atoms with E-state index in [9.17, 15) is 9.59 Å². The van der Waals surface area contributed by atoms with Crippen LogP contribution in [0.25, 0.3) is 11.7 Å². The van der Waals surface area contributed by atoms with Crippen molar-refractivity contribution < 1.29 is 14.3 Å². The van der Waals surface area contributed by atoms with Crippen LogP contribution in [0.15, 0.2) is 52.3 Å². The Morgan fingerprint density at radius 1 is 1.10 bits per heavy atom. The number of fused-ring (bicyclic) bond motifs is 1. The molecule has 1 saturated heterocycles. The van der Waals surface area contributed by atoms with Gasteiger partial charge in [-0.1, -0.05) is 55.4 Å². The monoisotopic (exact) mass is 564 g/mol. The molecule has 2 aliphatic rings. The number of ether oxygens (including phenoxy) is 2. The average molecular weight is 565 g/mol. The van der Waals surface area contributed by atoms with Gasteiger partial charge in [-0.05, 0) is 55.2 Å². The first kappa shape index (κ1) is 27.2. The average Bonchev–Trinajstić information content (AvgIpc) is 3.24. The first-order valence-corrected chi connectivity index (χ1v) is 14.3. The minimum Gasteiger partial charge on any atom is -0.493 e. The van der Waals surface area contributed by atoms with Crippen LogP contribution < -0.4 is 19.9 Å². The van der Waals surface area contributed by atoms with Gasteiger partial charge in [0.05, 0.1) is 24.7 Å². The largest absolute Gasteiger partial charge is 0.493 e. The van der Waals surface area contributed by atoms with Gasteiger partial charge in [-0.3, -0.25) is 18.9 Å². The van der Waals surface area contributed by atoms with Crippen molar-refractivity contribution in [3.63, 3.8) is 0 Å². The van der Waals surface area contributed by atoms with Crippen molar-refractivity contribution in [2.75, 3.05) is 32.7 Å². The summed E-state index contributed by atoms with van der Waals surface area (Å²) in [5.74, 6) is 1.70. The smallest absolute Gasteiger partial charge is 0.267 e. The maximum Gasteiger partial charge on any atom is 0.267 e. The van der Waals surface area contributed by atoms with E-state index in [1.54, 1.807) is 37.5 Å². The van der Waals surface area contributed by atoms with Gasteiger partial charge < -0.3 is 14.4 Å². The predicted molar refractivity (Wildman–Crippen MR) is 160 cm³/mol. The molecule has 10 heteroatoms. The van der Waals surface area contributed by atoms with Crippen molar-refractivity contribution in [1.82, 2.24) is 14.3 Å². The number of thiocarbonyl (C=S) groups is 1. The number of pyridine rings is 1. The number of anilines is 1. The van der Waals surface area contributed by atoms with Gasteiger partial charge >= 0.3 is 0 Å². The molecule has 0 N–H and O–H groups in total. The highest BCUT2D eigenvalue weighted by molar-refractivity contribution is 8.26. The number of methoxy groups -OCH3 is 2. The lowest BCUT2D eigenvalue weighted by molar-refractivity contribution is -0.122. The Kier molecular flexibility index (Phi) is 8.23. The zero-order valence-corrected chi connectivity index (χ0v) is 24.0. The lowest BCUT2D eigenvalue weighted by atomic mass is 9.94. The van der Waals surface area contributed by atoms with Crippen LogP contribution in [0.1, 0.15) is 43.2 Å². The third-order valence-electron chi connectivity index (χ3n) is 7.43. The molecule has 2 fully saturated rings. The van der Waals surface area contributed by atoms with Crippen molar-refractivity contribution in [3.8, 4) is 11.5 Å². The number of rotatable bonds is 8. The molecule has 0 spiro atoms. The summed E-state index contributed by atoms with van der Waals surface area (Å²) in [6, 6.07) is 11.5. The first-order valence-electron chi connectivity index (χ1n) is 13.1. The maximum atomic E-state index is 13.7. The molecule has 0 unspecified atom stereocenters. The van der Waals surface area contributed by atoms with E-state index in [4.69, 9.17) is 26.7 Å². The van der Waals surface area contributed by atoms with Crippen LogP contribution in [0.5, 0.6) is 11.5 Å². The summed E-state index contributed by atoms with van der Waals surface area (Å²) in [7, 11) is 5.20. The topological polar surface area (TPSA) is 76.4 Å². The molecular weight excluding hydrogens is 532 g/mol. The minimum absolute atomic E-state index is 0.200. The van der Waals surface area contributed by atoms with Crippen LogP contribution >= 0.6 is 24.0 Å². The van der Waals surface area contributed by atoms with Crippen LogP contribution in [0.3, 0.4) is 0 Å². The molecule has 1 aliphatic carbocycles. The number of benzene rings is 1. The molecular formula is C29H32N4O4S2. The molecule has 1 aromatic carbocycles. The molecule has 0 radical (unpaired) electrons. The highest BCUT2D eigenvalue weighted by atomic mass is 32.2. The fraction of sp³-hybridized carbons (Fsp3) is 0.379. The normalized spacial score (nSPS) is 17.3. The van der Waals surface area contributed by atoms with Crippen molar-refractivity contribution >= 4 is 51.7 Å². The van der Waals surface area contributed by atoms with Crippen LogP contribution in [0.4, 0.5) is 5.82 Å². The molecule has 1 aliphatic heterocycles. The fourth-order valence-corrected chi connectivity index (χ4v) is 6.52. The molecule has 2 aromatic heterocycles. The van der Waals surface area contributed by atoms with E-state index in [-0.39, 0.29) is 11.5 Å². The molecule has 1 saturated carbocycles. The second kappa shape index (κ2) is 11.8. The SMILES string of the molecule is COc1ccc(CCN2C(=O)C(=Cc3c(N(C)C4CCCCC4)nc4ccccn4c3=O)SC2=S)cc1OC. The number of hydrogen-bond acceptors (Lipinski definition) is 8. The number of hydrogen-bond donors (Lipinski definition) is 0. The zero-order valence-electron chi connectivity index (χ0n) is 22.4. The van der Waals surface area contributed by atoms with E-state index in [0.29, 0.717) is 56.8 Å². The Bertz CT molecular complexity index is 1500. The van der Waals surface area contributed by atoms with Crippen LogP contribution in [0, 0.1) is 0 Å². The quantitative estimate of drug-likeness (QED) is 0.282. The molecule has 3 aromatic rings. The van der Waals surface area contributed by atoms with E-state index in [0.717, 1.165) is 31.2 Å². The number of carbonyl (C=O) groups excluding carboxylic acids is 1. The zero-order chi connectivity index (χ0) is 27.5. The van der Waals surface area contributed by atoms with Crippen molar-refractivity contribution in [1.29, 1.82) is 0 Å². The van der Waals surface area contributed by atoms with Crippen LogP contribution in [0.2, 0.25) is 0 Å². The van der Waals surface area contributed by atoms with Crippen molar-refractivity contribution in [3.05, 3.63) is 69.0 Å². The van der Waals surface area contributed by atoms with E-state index < -0.39 is 0 Å². The Labute approximate surface area is 237 Å². The molecule has 8 nitrogen and oxygen atoms in total. The Morgan fingerprint density at radius 2 is 1.87 bits per heavy atom. The summed E-state index contributed by atoms with van der Waals surface area (Å²) in [4.78, 5) is 36.2. The Morgan fingerprint density at radius 3 is 2.62 bits per heavy atom.